The fourth-order valence-corrected chi connectivity index (χ4v) is 4.85. The Hall–Kier alpha value is -3.08. The topological polar surface area (TPSA) is 100 Å². The van der Waals surface area contributed by atoms with E-state index in [1.54, 1.807) is 36.0 Å². The van der Waals surface area contributed by atoms with Crippen LogP contribution in [0.2, 0.25) is 0 Å². The van der Waals surface area contributed by atoms with Crippen LogP contribution in [0.25, 0.3) is 5.82 Å². The van der Waals surface area contributed by atoms with Crippen LogP contribution in [0, 0.1) is 6.92 Å². The Balaban J connectivity index is 1.47. The first-order valence-corrected chi connectivity index (χ1v) is 11.4. The summed E-state index contributed by atoms with van der Waals surface area (Å²) in [6.07, 6.45) is 3.15. The Morgan fingerprint density at radius 1 is 1.03 bits per heavy atom. The molecular formula is C21H24N6O3S. The van der Waals surface area contributed by atoms with E-state index in [1.165, 1.54) is 22.6 Å². The molecule has 1 amide bonds. The van der Waals surface area contributed by atoms with Crippen LogP contribution in [-0.4, -0.2) is 71.5 Å². The SMILES string of the molecule is Cc1c(C(=O)Nc2ccc(S(=O)(=O)N3CCN(C)CC3)cc2)cnn1-c1ccccn1. The Kier molecular flexibility index (Phi) is 5.86. The molecule has 10 heteroatoms. The number of pyridine rings is 1. The van der Waals surface area contributed by atoms with Gasteiger partial charge in [0.1, 0.15) is 0 Å². The number of carbonyl (C=O) groups is 1. The summed E-state index contributed by atoms with van der Waals surface area (Å²) >= 11 is 0. The third-order valence-corrected chi connectivity index (χ3v) is 7.25. The van der Waals surface area contributed by atoms with Gasteiger partial charge in [-0.1, -0.05) is 6.07 Å². The van der Waals surface area contributed by atoms with Gasteiger partial charge in [0.25, 0.3) is 5.91 Å². The van der Waals surface area contributed by atoms with Gasteiger partial charge in [-0.05, 0) is 50.4 Å². The van der Waals surface area contributed by atoms with E-state index < -0.39 is 10.0 Å². The molecule has 4 rings (SSSR count). The average molecular weight is 441 g/mol. The minimum Gasteiger partial charge on any atom is -0.322 e. The lowest BCUT2D eigenvalue weighted by Crippen LogP contribution is -2.46. The van der Waals surface area contributed by atoms with Gasteiger partial charge in [0.05, 0.1) is 22.3 Å². The Morgan fingerprint density at radius 2 is 1.74 bits per heavy atom. The van der Waals surface area contributed by atoms with Gasteiger partial charge in [0, 0.05) is 38.1 Å². The van der Waals surface area contributed by atoms with Crippen molar-refractivity contribution in [3.8, 4) is 5.82 Å². The number of sulfonamides is 1. The van der Waals surface area contributed by atoms with Gasteiger partial charge in [0.2, 0.25) is 10.0 Å². The monoisotopic (exact) mass is 440 g/mol. The quantitative estimate of drug-likeness (QED) is 0.649. The summed E-state index contributed by atoms with van der Waals surface area (Å²) < 4.78 is 28.8. The number of carbonyl (C=O) groups excluding carboxylic acids is 1. The number of hydrogen-bond acceptors (Lipinski definition) is 6. The highest BCUT2D eigenvalue weighted by atomic mass is 32.2. The van der Waals surface area contributed by atoms with Crippen molar-refractivity contribution >= 4 is 21.6 Å². The maximum absolute atomic E-state index is 12.8. The average Bonchev–Trinajstić information content (AvgIpc) is 3.16. The summed E-state index contributed by atoms with van der Waals surface area (Å²) in [6, 6.07) is 11.7. The number of nitrogens with zero attached hydrogens (tertiary/aromatic N) is 5. The number of benzene rings is 1. The number of anilines is 1. The van der Waals surface area contributed by atoms with Crippen molar-refractivity contribution in [3.05, 3.63) is 66.1 Å². The predicted molar refractivity (Wildman–Crippen MR) is 117 cm³/mol. The minimum atomic E-state index is -3.54. The van der Waals surface area contributed by atoms with E-state index in [4.69, 9.17) is 0 Å². The van der Waals surface area contributed by atoms with Crippen LogP contribution in [0.1, 0.15) is 16.1 Å². The molecule has 1 aliphatic heterocycles. The first-order valence-electron chi connectivity index (χ1n) is 9.92. The van der Waals surface area contributed by atoms with Crippen LogP contribution in [0.3, 0.4) is 0 Å². The van der Waals surface area contributed by atoms with Gasteiger partial charge >= 0.3 is 0 Å². The van der Waals surface area contributed by atoms with E-state index in [0.29, 0.717) is 48.9 Å². The van der Waals surface area contributed by atoms with Crippen LogP contribution in [-0.2, 0) is 10.0 Å². The molecule has 0 saturated carbocycles. The Labute approximate surface area is 181 Å². The molecule has 0 atom stereocenters. The largest absolute Gasteiger partial charge is 0.322 e. The number of rotatable bonds is 5. The molecule has 0 unspecified atom stereocenters. The molecule has 3 heterocycles. The van der Waals surface area contributed by atoms with E-state index in [2.05, 4.69) is 20.3 Å². The van der Waals surface area contributed by atoms with Crippen molar-refractivity contribution < 1.29 is 13.2 Å². The zero-order valence-electron chi connectivity index (χ0n) is 17.4. The van der Waals surface area contributed by atoms with Crippen molar-refractivity contribution in [3.63, 3.8) is 0 Å². The van der Waals surface area contributed by atoms with Gasteiger partial charge in [0.15, 0.2) is 5.82 Å². The van der Waals surface area contributed by atoms with Crippen molar-refractivity contribution in [1.29, 1.82) is 0 Å². The molecule has 2 aromatic heterocycles. The molecular weight excluding hydrogens is 416 g/mol. The molecule has 31 heavy (non-hydrogen) atoms. The van der Waals surface area contributed by atoms with E-state index >= 15 is 0 Å². The minimum absolute atomic E-state index is 0.217. The zero-order valence-corrected chi connectivity index (χ0v) is 18.2. The second kappa shape index (κ2) is 8.58. The van der Waals surface area contributed by atoms with Crippen LogP contribution >= 0.6 is 0 Å². The Morgan fingerprint density at radius 3 is 2.39 bits per heavy atom. The fourth-order valence-electron chi connectivity index (χ4n) is 3.43. The smallest absolute Gasteiger partial charge is 0.259 e. The summed E-state index contributed by atoms with van der Waals surface area (Å²) in [7, 11) is -1.57. The van der Waals surface area contributed by atoms with Gasteiger partial charge < -0.3 is 10.2 Å². The molecule has 1 saturated heterocycles. The molecule has 0 radical (unpaired) electrons. The number of hydrogen-bond donors (Lipinski definition) is 1. The Bertz CT molecular complexity index is 1170. The third-order valence-electron chi connectivity index (χ3n) is 5.33. The zero-order chi connectivity index (χ0) is 22.0. The first-order chi connectivity index (χ1) is 14.9. The molecule has 1 fully saturated rings. The van der Waals surface area contributed by atoms with Gasteiger partial charge in [-0.3, -0.25) is 4.79 Å². The van der Waals surface area contributed by atoms with Crippen LogP contribution < -0.4 is 5.32 Å². The van der Waals surface area contributed by atoms with Crippen LogP contribution in [0.15, 0.2) is 59.8 Å². The van der Waals surface area contributed by atoms with E-state index in [1.807, 2.05) is 19.2 Å². The standard InChI is InChI=1S/C21H24N6O3S/c1-16-19(15-23-27(16)20-5-3-4-10-22-20)21(28)24-17-6-8-18(9-7-17)31(29,30)26-13-11-25(2)12-14-26/h3-10,15H,11-14H2,1-2H3,(H,24,28). The molecule has 1 aromatic carbocycles. The maximum Gasteiger partial charge on any atom is 0.259 e. The molecule has 162 valence electrons. The summed E-state index contributed by atoms with van der Waals surface area (Å²) in [6.45, 7) is 4.15. The second-order valence-electron chi connectivity index (χ2n) is 7.43. The number of nitrogens with one attached hydrogen (secondary N) is 1. The number of amides is 1. The van der Waals surface area contributed by atoms with E-state index in [0.717, 1.165) is 0 Å². The lowest BCUT2D eigenvalue weighted by molar-refractivity contribution is 0.102. The summed E-state index contributed by atoms with van der Waals surface area (Å²) in [5.74, 6) is 0.298. The maximum atomic E-state index is 12.8. The molecule has 3 aromatic rings. The molecule has 0 bridgehead atoms. The summed E-state index contributed by atoms with van der Waals surface area (Å²) in [5, 5.41) is 7.06. The summed E-state index contributed by atoms with van der Waals surface area (Å²) in [4.78, 5) is 19.3. The predicted octanol–water partition coefficient (Wildman–Crippen LogP) is 1.76. The molecule has 1 N–H and O–H groups in total. The highest BCUT2D eigenvalue weighted by Gasteiger charge is 2.27. The molecule has 1 aliphatic rings. The van der Waals surface area contributed by atoms with E-state index in [9.17, 15) is 13.2 Å². The molecule has 0 spiro atoms. The van der Waals surface area contributed by atoms with Crippen molar-refractivity contribution in [1.82, 2.24) is 24.0 Å². The number of aromatic nitrogens is 3. The number of piperazine rings is 1. The normalized spacial score (nSPS) is 15.7. The molecule has 0 aliphatic carbocycles. The number of likely N-dealkylation sites (N-methyl/N-ethyl adjacent to an activating group) is 1. The van der Waals surface area contributed by atoms with Gasteiger partial charge in [-0.25, -0.2) is 18.1 Å². The van der Waals surface area contributed by atoms with Crippen LogP contribution in [0.5, 0.6) is 0 Å². The van der Waals surface area contributed by atoms with Crippen molar-refractivity contribution in [2.75, 3.05) is 38.5 Å². The second-order valence-corrected chi connectivity index (χ2v) is 9.37. The summed E-state index contributed by atoms with van der Waals surface area (Å²) in [5.41, 5.74) is 1.58. The molecule has 9 nitrogen and oxygen atoms in total. The fraction of sp³-hybridized carbons (Fsp3) is 0.286. The van der Waals surface area contributed by atoms with E-state index in [-0.39, 0.29) is 10.8 Å². The lowest BCUT2D eigenvalue weighted by Gasteiger charge is -2.31. The third kappa shape index (κ3) is 4.36. The lowest BCUT2D eigenvalue weighted by atomic mass is 10.2. The van der Waals surface area contributed by atoms with Crippen LogP contribution in [0.4, 0.5) is 5.69 Å². The first kappa shape index (κ1) is 21.2. The van der Waals surface area contributed by atoms with Crippen molar-refractivity contribution in [2.24, 2.45) is 0 Å². The highest BCUT2D eigenvalue weighted by molar-refractivity contribution is 7.89. The van der Waals surface area contributed by atoms with Crippen molar-refractivity contribution in [2.45, 2.75) is 11.8 Å². The van der Waals surface area contributed by atoms with Gasteiger partial charge in [-0.15, -0.1) is 0 Å². The highest BCUT2D eigenvalue weighted by Crippen LogP contribution is 2.21. The van der Waals surface area contributed by atoms with Gasteiger partial charge in [-0.2, -0.15) is 9.40 Å².